The topological polar surface area (TPSA) is 98.4 Å². The molecule has 2 heterocycles. The normalized spacial score (nSPS) is 19.3. The molecule has 1 aromatic carbocycles. The number of aliphatic hydroxyl groups excluding tert-OH is 1. The molecule has 0 radical (unpaired) electrons. The first-order chi connectivity index (χ1) is 17.6. The first-order valence-electron chi connectivity index (χ1n) is 12.5. The quantitative estimate of drug-likeness (QED) is 0.326. The van der Waals surface area contributed by atoms with Crippen LogP contribution in [0.1, 0.15) is 37.8 Å². The molecule has 0 amide bonds. The molecule has 3 aromatic rings. The van der Waals surface area contributed by atoms with Gasteiger partial charge in [0.2, 0.25) is 0 Å². The third-order valence-electron chi connectivity index (χ3n) is 6.72. The highest BCUT2D eigenvalue weighted by atomic mass is 19.4. The summed E-state index contributed by atoms with van der Waals surface area (Å²) in [5.74, 6) is 1.41. The highest BCUT2D eigenvalue weighted by molar-refractivity contribution is 5.91. The van der Waals surface area contributed by atoms with Gasteiger partial charge in [-0.2, -0.15) is 18.3 Å². The second-order valence-electron chi connectivity index (χ2n) is 9.62. The van der Waals surface area contributed by atoms with Crippen molar-refractivity contribution >= 4 is 22.5 Å². The Balaban J connectivity index is 1.41. The highest BCUT2D eigenvalue weighted by Gasteiger charge is 2.38. The van der Waals surface area contributed by atoms with E-state index in [4.69, 9.17) is 9.47 Å². The van der Waals surface area contributed by atoms with Crippen LogP contribution in [0.5, 0.6) is 5.75 Å². The largest absolute Gasteiger partial charge is 0.490 e. The molecule has 4 rings (SSSR count). The van der Waals surface area contributed by atoms with Crippen molar-refractivity contribution in [1.29, 1.82) is 0 Å². The van der Waals surface area contributed by atoms with E-state index in [0.29, 0.717) is 43.9 Å². The number of fused-ring (bicyclic) bond motifs is 1. The van der Waals surface area contributed by atoms with Crippen LogP contribution in [0, 0.1) is 6.92 Å². The zero-order valence-electron chi connectivity index (χ0n) is 21.4. The fourth-order valence-corrected chi connectivity index (χ4v) is 4.63. The van der Waals surface area contributed by atoms with Gasteiger partial charge in [0.1, 0.15) is 11.3 Å². The first-order valence-corrected chi connectivity index (χ1v) is 12.5. The number of hydrogen-bond donors (Lipinski definition) is 3. The van der Waals surface area contributed by atoms with Crippen LogP contribution in [0.15, 0.2) is 24.5 Å². The van der Waals surface area contributed by atoms with Gasteiger partial charge in [-0.3, -0.25) is 4.68 Å². The minimum Gasteiger partial charge on any atom is -0.490 e. The lowest BCUT2D eigenvalue weighted by atomic mass is 9.93. The maximum atomic E-state index is 12.5. The number of ether oxygens (including phenoxy) is 2. The number of halogens is 3. The van der Waals surface area contributed by atoms with Crippen LogP contribution >= 0.6 is 0 Å². The number of imidazole rings is 1. The van der Waals surface area contributed by atoms with Crippen LogP contribution in [0.4, 0.5) is 24.7 Å². The molecule has 1 saturated carbocycles. The van der Waals surface area contributed by atoms with E-state index in [2.05, 4.69) is 20.7 Å². The predicted molar refractivity (Wildman–Crippen MR) is 134 cm³/mol. The molecule has 2 aromatic heterocycles. The second-order valence-corrected chi connectivity index (χ2v) is 9.62. The summed E-state index contributed by atoms with van der Waals surface area (Å²) in [6, 6.07) is 5.78. The number of nitrogens with zero attached hydrogens (tertiary/aromatic N) is 4. The van der Waals surface area contributed by atoms with Gasteiger partial charge in [0.05, 0.1) is 23.6 Å². The summed E-state index contributed by atoms with van der Waals surface area (Å²) in [5, 5.41) is 20.1. The molecule has 12 heteroatoms. The molecule has 1 aliphatic rings. The summed E-state index contributed by atoms with van der Waals surface area (Å²) in [4.78, 5) is 4.54. The maximum absolute atomic E-state index is 12.5. The number of rotatable bonds is 11. The molecule has 0 unspecified atom stereocenters. The number of aliphatic hydroxyl groups is 1. The summed E-state index contributed by atoms with van der Waals surface area (Å²) >= 11 is 0. The number of nitrogens with one attached hydrogen (secondary N) is 2. The Labute approximate surface area is 214 Å². The standard InChI is InChI=1S/C25H35F3N6O3/c1-16-11-23(32-34(16)9-4-10-36-3)31-20-12-19(13-21-24(20)30-15-33(21)2)37-18-7-5-17(6-8-18)29-14-22(35)25(26,27)28/h11-13,15,17-18,22,29,35H,4-10,14H2,1-3H3,(H,31,32)/t17-,18+,22-/m1/s1. The van der Waals surface area contributed by atoms with E-state index in [-0.39, 0.29) is 12.1 Å². The number of aromatic nitrogens is 4. The van der Waals surface area contributed by atoms with Gasteiger partial charge >= 0.3 is 6.18 Å². The molecule has 3 N–H and O–H groups in total. The molecule has 1 aliphatic carbocycles. The smallest absolute Gasteiger partial charge is 0.415 e. The molecule has 1 atom stereocenters. The molecule has 9 nitrogen and oxygen atoms in total. The van der Waals surface area contributed by atoms with Gasteiger partial charge in [0.25, 0.3) is 0 Å². The third-order valence-corrected chi connectivity index (χ3v) is 6.72. The van der Waals surface area contributed by atoms with Crippen molar-refractivity contribution in [2.24, 2.45) is 7.05 Å². The number of benzene rings is 1. The number of hydrogen-bond acceptors (Lipinski definition) is 7. The van der Waals surface area contributed by atoms with Crippen LogP contribution in [-0.4, -0.2) is 69.1 Å². The van der Waals surface area contributed by atoms with Crippen LogP contribution in [-0.2, 0) is 18.3 Å². The van der Waals surface area contributed by atoms with E-state index < -0.39 is 18.8 Å². The van der Waals surface area contributed by atoms with E-state index in [9.17, 15) is 18.3 Å². The average molecular weight is 525 g/mol. The highest BCUT2D eigenvalue weighted by Crippen LogP contribution is 2.33. The Bertz CT molecular complexity index is 1170. The molecule has 0 aliphatic heterocycles. The Morgan fingerprint density at radius 1 is 1.19 bits per heavy atom. The number of aryl methyl sites for hydroxylation is 3. The minimum atomic E-state index is -4.61. The first kappa shape index (κ1) is 27.2. The minimum absolute atomic E-state index is 0.0497. The lowest BCUT2D eigenvalue weighted by Gasteiger charge is -2.30. The average Bonchev–Trinajstić information content (AvgIpc) is 3.40. The zero-order chi connectivity index (χ0) is 26.6. The maximum Gasteiger partial charge on any atom is 0.415 e. The van der Waals surface area contributed by atoms with Crippen molar-refractivity contribution in [2.45, 2.75) is 70.0 Å². The van der Waals surface area contributed by atoms with E-state index in [1.807, 2.05) is 41.4 Å². The van der Waals surface area contributed by atoms with Crippen LogP contribution < -0.4 is 15.4 Å². The monoisotopic (exact) mass is 524 g/mol. The summed E-state index contributed by atoms with van der Waals surface area (Å²) in [6.45, 7) is 2.95. The molecule has 0 bridgehead atoms. The van der Waals surface area contributed by atoms with Gasteiger partial charge in [-0.1, -0.05) is 0 Å². The Kier molecular flexibility index (Phi) is 8.60. The fourth-order valence-electron chi connectivity index (χ4n) is 4.63. The summed E-state index contributed by atoms with van der Waals surface area (Å²) < 4.78 is 53.0. The zero-order valence-corrected chi connectivity index (χ0v) is 21.4. The van der Waals surface area contributed by atoms with Gasteiger partial charge in [0, 0.05) is 63.8 Å². The van der Waals surface area contributed by atoms with Crippen molar-refractivity contribution in [2.75, 3.05) is 25.6 Å². The van der Waals surface area contributed by atoms with Gasteiger partial charge in [-0.05, 0) is 39.0 Å². The van der Waals surface area contributed by atoms with Gasteiger partial charge < -0.3 is 29.8 Å². The molecule has 204 valence electrons. The van der Waals surface area contributed by atoms with Crippen molar-refractivity contribution in [3.05, 3.63) is 30.2 Å². The number of anilines is 2. The number of alkyl halides is 3. The number of methoxy groups -OCH3 is 1. The van der Waals surface area contributed by atoms with E-state index >= 15 is 0 Å². The van der Waals surface area contributed by atoms with E-state index in [1.165, 1.54) is 0 Å². The lowest BCUT2D eigenvalue weighted by Crippen LogP contribution is -2.44. The molecule has 1 fully saturated rings. The van der Waals surface area contributed by atoms with E-state index in [0.717, 1.165) is 35.4 Å². The SMILES string of the molecule is COCCCn1nc(Nc2cc(O[C@H]3CC[C@@H](NC[C@@H](O)C(F)(F)F)CC3)cc3c2ncn3C)cc1C. The molecular weight excluding hydrogens is 489 g/mol. The molecule has 0 spiro atoms. The van der Waals surface area contributed by atoms with E-state index in [1.54, 1.807) is 13.4 Å². The van der Waals surface area contributed by atoms with Crippen molar-refractivity contribution in [3.63, 3.8) is 0 Å². The summed E-state index contributed by atoms with van der Waals surface area (Å²) in [7, 11) is 3.60. The van der Waals surface area contributed by atoms with Gasteiger partial charge in [-0.15, -0.1) is 0 Å². The molecular formula is C25H35F3N6O3. The van der Waals surface area contributed by atoms with Crippen LogP contribution in [0.2, 0.25) is 0 Å². The summed E-state index contributed by atoms with van der Waals surface area (Å²) in [5.41, 5.74) is 3.54. The van der Waals surface area contributed by atoms with Crippen LogP contribution in [0.25, 0.3) is 11.0 Å². The third kappa shape index (κ3) is 6.93. The fraction of sp³-hybridized carbons (Fsp3) is 0.600. The summed E-state index contributed by atoms with van der Waals surface area (Å²) in [6.07, 6.45) is -1.63. The second kappa shape index (κ2) is 11.7. The molecule has 0 saturated heterocycles. The van der Waals surface area contributed by atoms with Crippen molar-refractivity contribution < 1.29 is 27.8 Å². The van der Waals surface area contributed by atoms with Gasteiger partial charge in [0.15, 0.2) is 11.9 Å². The van der Waals surface area contributed by atoms with Crippen LogP contribution in [0.3, 0.4) is 0 Å². The van der Waals surface area contributed by atoms with Crippen molar-refractivity contribution in [3.8, 4) is 5.75 Å². The lowest BCUT2D eigenvalue weighted by molar-refractivity contribution is -0.202. The predicted octanol–water partition coefficient (Wildman–Crippen LogP) is 4.06. The van der Waals surface area contributed by atoms with Crippen molar-refractivity contribution in [1.82, 2.24) is 24.6 Å². The van der Waals surface area contributed by atoms with Gasteiger partial charge in [-0.25, -0.2) is 4.98 Å². The Morgan fingerprint density at radius 3 is 2.65 bits per heavy atom. The molecule has 37 heavy (non-hydrogen) atoms. The Hall–Kier alpha value is -2.83. The Morgan fingerprint density at radius 2 is 1.95 bits per heavy atom.